The molecular formula is C52H35N5. The number of benzene rings is 6. The average molecular weight is 730 g/mol. The fourth-order valence-electron chi connectivity index (χ4n) is 9.86. The largest absolute Gasteiger partial charge is 0.387 e. The molecule has 0 saturated heterocycles. The molecule has 1 aliphatic carbocycles. The summed E-state index contributed by atoms with van der Waals surface area (Å²) in [6.45, 7) is 0.813. The van der Waals surface area contributed by atoms with Crippen LogP contribution in [0.5, 0.6) is 0 Å². The quantitative estimate of drug-likeness (QED) is 0.192. The van der Waals surface area contributed by atoms with E-state index in [1.165, 1.54) is 71.7 Å². The molecule has 0 saturated carbocycles. The Kier molecular flexibility index (Phi) is 6.84. The van der Waals surface area contributed by atoms with Crippen molar-refractivity contribution in [1.82, 2.24) is 24.4 Å². The molecule has 0 fully saturated rings. The lowest BCUT2D eigenvalue weighted by atomic mass is 9.67. The third-order valence-electron chi connectivity index (χ3n) is 12.2. The number of rotatable bonds is 5. The first-order valence-electron chi connectivity index (χ1n) is 19.5. The number of pyridine rings is 2. The topological polar surface area (TPSA) is 47.7 Å². The minimum Gasteiger partial charge on any atom is -0.387 e. The van der Waals surface area contributed by atoms with E-state index in [2.05, 4.69) is 194 Å². The first-order chi connectivity index (χ1) is 28.3. The van der Waals surface area contributed by atoms with Gasteiger partial charge >= 0.3 is 0 Å². The maximum absolute atomic E-state index is 4.67. The van der Waals surface area contributed by atoms with Gasteiger partial charge in [0.05, 0.1) is 27.5 Å². The van der Waals surface area contributed by atoms with Gasteiger partial charge in [-0.05, 0) is 87.5 Å². The number of aromatic nitrogens is 4. The van der Waals surface area contributed by atoms with Gasteiger partial charge in [-0.1, -0.05) is 115 Å². The van der Waals surface area contributed by atoms with Crippen molar-refractivity contribution in [2.45, 2.75) is 5.41 Å². The summed E-state index contributed by atoms with van der Waals surface area (Å²) in [6.07, 6.45) is 14.5. The monoisotopic (exact) mass is 729 g/mol. The van der Waals surface area contributed by atoms with Crippen molar-refractivity contribution in [3.63, 3.8) is 0 Å². The molecule has 0 radical (unpaired) electrons. The summed E-state index contributed by atoms with van der Waals surface area (Å²) in [5, 5.41) is 8.39. The zero-order valence-electron chi connectivity index (χ0n) is 31.0. The van der Waals surface area contributed by atoms with Crippen LogP contribution in [0.25, 0.3) is 77.2 Å². The van der Waals surface area contributed by atoms with Gasteiger partial charge in [-0.3, -0.25) is 9.97 Å². The van der Waals surface area contributed by atoms with E-state index >= 15 is 0 Å². The van der Waals surface area contributed by atoms with Gasteiger partial charge in [-0.15, -0.1) is 0 Å². The first kappa shape index (κ1) is 31.8. The van der Waals surface area contributed by atoms with Crippen LogP contribution in [-0.4, -0.2) is 25.6 Å². The van der Waals surface area contributed by atoms with Crippen LogP contribution in [0.3, 0.4) is 0 Å². The van der Waals surface area contributed by atoms with E-state index in [1.807, 2.05) is 24.8 Å². The lowest BCUT2D eigenvalue weighted by Gasteiger charge is -2.35. The smallest absolute Gasteiger partial charge is 0.0742 e. The normalized spacial score (nSPS) is 15.9. The summed E-state index contributed by atoms with van der Waals surface area (Å²) < 4.78 is 4.81. The van der Waals surface area contributed by atoms with Crippen molar-refractivity contribution in [2.24, 2.45) is 0 Å². The predicted molar refractivity (Wildman–Crippen MR) is 233 cm³/mol. The Hall–Kier alpha value is -7.50. The average Bonchev–Trinajstić information content (AvgIpc) is 3.92. The molecule has 0 spiro atoms. The molecule has 10 aromatic rings. The Morgan fingerprint density at radius 3 is 1.91 bits per heavy atom. The summed E-state index contributed by atoms with van der Waals surface area (Å²) in [6, 6.07) is 55.4. The number of hydrogen-bond acceptors (Lipinski definition) is 3. The van der Waals surface area contributed by atoms with Gasteiger partial charge in [-0.25, -0.2) is 0 Å². The SMILES string of the molecule is C1=CC(C2(c3cccnc3)c3ccccc3-c3c2ccc2c4ccccc4n(-c4ccc(-c5ccc(-n6c7ccccc7c7cnccc76)cc5)cc4)c32)=CNC1. The van der Waals surface area contributed by atoms with E-state index < -0.39 is 5.41 Å². The molecule has 5 heterocycles. The van der Waals surface area contributed by atoms with Crippen LogP contribution in [0, 0.1) is 0 Å². The van der Waals surface area contributed by atoms with Gasteiger partial charge in [0.15, 0.2) is 0 Å². The summed E-state index contributed by atoms with van der Waals surface area (Å²) in [5.74, 6) is 0. The van der Waals surface area contributed by atoms with Gasteiger partial charge in [0.1, 0.15) is 0 Å². The summed E-state index contributed by atoms with van der Waals surface area (Å²) >= 11 is 0. The van der Waals surface area contributed by atoms with Crippen LogP contribution in [0.2, 0.25) is 0 Å². The molecule has 5 heteroatoms. The predicted octanol–water partition coefficient (Wildman–Crippen LogP) is 11.7. The van der Waals surface area contributed by atoms with Gasteiger partial charge in [0.2, 0.25) is 0 Å². The molecule has 1 atom stereocenters. The van der Waals surface area contributed by atoms with Gasteiger partial charge in [0, 0.05) is 76.0 Å². The minimum atomic E-state index is -0.536. The van der Waals surface area contributed by atoms with Crippen LogP contribution in [0.4, 0.5) is 0 Å². The van der Waals surface area contributed by atoms with Crippen molar-refractivity contribution in [2.75, 3.05) is 6.54 Å². The van der Waals surface area contributed by atoms with E-state index in [0.29, 0.717) is 0 Å². The molecule has 0 bridgehead atoms. The van der Waals surface area contributed by atoms with Gasteiger partial charge in [0.25, 0.3) is 0 Å². The van der Waals surface area contributed by atoms with Crippen LogP contribution in [-0.2, 0) is 5.41 Å². The zero-order valence-corrected chi connectivity index (χ0v) is 31.0. The van der Waals surface area contributed by atoms with Crippen LogP contribution >= 0.6 is 0 Å². The second kappa shape index (κ2) is 12.3. The van der Waals surface area contributed by atoms with E-state index in [9.17, 15) is 0 Å². The Morgan fingerprint density at radius 1 is 0.509 bits per heavy atom. The summed E-state index contributed by atoms with van der Waals surface area (Å²) in [5.41, 5.74) is 16.2. The molecule has 1 N–H and O–H groups in total. The fraction of sp³-hybridized carbons (Fsp3) is 0.0385. The van der Waals surface area contributed by atoms with E-state index in [4.69, 9.17) is 0 Å². The number of nitrogens with zero attached hydrogens (tertiary/aromatic N) is 4. The molecule has 57 heavy (non-hydrogen) atoms. The maximum Gasteiger partial charge on any atom is 0.0742 e. The molecule has 4 aromatic heterocycles. The maximum atomic E-state index is 4.67. The number of nitrogens with one attached hydrogen (secondary N) is 1. The van der Waals surface area contributed by atoms with Crippen molar-refractivity contribution < 1.29 is 0 Å². The summed E-state index contributed by atoms with van der Waals surface area (Å²) in [4.78, 5) is 9.10. The Labute approximate surface area is 329 Å². The molecule has 12 rings (SSSR count). The van der Waals surface area contributed by atoms with Gasteiger partial charge < -0.3 is 14.5 Å². The van der Waals surface area contributed by atoms with E-state index in [1.54, 1.807) is 0 Å². The van der Waals surface area contributed by atoms with Crippen molar-refractivity contribution in [3.8, 4) is 33.6 Å². The Morgan fingerprint density at radius 2 is 1.18 bits per heavy atom. The molecule has 2 aliphatic rings. The van der Waals surface area contributed by atoms with Crippen LogP contribution in [0.15, 0.2) is 200 Å². The Bertz CT molecular complexity index is 3220. The second-order valence-electron chi connectivity index (χ2n) is 15.0. The molecule has 268 valence electrons. The second-order valence-corrected chi connectivity index (χ2v) is 15.0. The van der Waals surface area contributed by atoms with Crippen molar-refractivity contribution in [3.05, 3.63) is 217 Å². The molecular weight excluding hydrogens is 695 g/mol. The third kappa shape index (κ3) is 4.45. The molecule has 1 unspecified atom stereocenters. The molecule has 1 aliphatic heterocycles. The number of para-hydroxylation sites is 2. The lowest BCUT2D eigenvalue weighted by Crippen LogP contribution is -2.31. The highest BCUT2D eigenvalue weighted by atomic mass is 15.0. The lowest BCUT2D eigenvalue weighted by molar-refractivity contribution is 0.740. The Balaban J connectivity index is 1.03. The van der Waals surface area contributed by atoms with E-state index in [-0.39, 0.29) is 0 Å². The number of fused-ring (bicyclic) bond motifs is 10. The summed E-state index contributed by atoms with van der Waals surface area (Å²) in [7, 11) is 0. The highest BCUT2D eigenvalue weighted by Crippen LogP contribution is 2.59. The molecule has 5 nitrogen and oxygen atoms in total. The van der Waals surface area contributed by atoms with Crippen LogP contribution < -0.4 is 5.32 Å². The standard InChI is InChI=1S/C52H35N5/c1-4-14-45-43(13-1)50-46(52(45,36-9-7-28-53-31-36)37-10-8-29-54-32-37)26-25-42-40-11-2-6-16-48(40)57(51(42)50)39-23-19-35(20-24-39)34-17-21-38(22-18-34)56-47-15-5-3-12-41(47)44-33-55-30-27-49(44)56/h1-28,30-33,54H,29H2. The number of dihydropyridines is 1. The van der Waals surface area contributed by atoms with Crippen LogP contribution in [0.1, 0.15) is 16.7 Å². The van der Waals surface area contributed by atoms with Crippen molar-refractivity contribution in [1.29, 1.82) is 0 Å². The molecule has 0 amide bonds. The number of allylic oxidation sites excluding steroid dienone is 2. The third-order valence-corrected chi connectivity index (χ3v) is 12.2. The first-order valence-corrected chi connectivity index (χ1v) is 19.5. The molecule has 6 aromatic carbocycles. The zero-order chi connectivity index (χ0) is 37.5. The minimum absolute atomic E-state index is 0.536. The fourth-order valence-corrected chi connectivity index (χ4v) is 9.86. The number of hydrogen-bond donors (Lipinski definition) is 1. The highest BCUT2D eigenvalue weighted by molar-refractivity contribution is 6.16. The van der Waals surface area contributed by atoms with Gasteiger partial charge in [-0.2, -0.15) is 0 Å². The highest BCUT2D eigenvalue weighted by Gasteiger charge is 2.48. The van der Waals surface area contributed by atoms with E-state index in [0.717, 1.165) is 34.4 Å². The van der Waals surface area contributed by atoms with Crippen molar-refractivity contribution >= 4 is 43.6 Å².